The van der Waals surface area contributed by atoms with Crippen molar-refractivity contribution >= 4 is 23.5 Å². The first-order chi connectivity index (χ1) is 8.79. The predicted octanol–water partition coefficient (Wildman–Crippen LogP) is 2.76. The average Bonchev–Trinajstić information content (AvgIpc) is 2.42. The van der Waals surface area contributed by atoms with Gasteiger partial charge in [0.2, 0.25) is 0 Å². The minimum atomic E-state index is 0.348. The zero-order valence-electron chi connectivity index (χ0n) is 10.8. The highest BCUT2D eigenvalue weighted by Gasteiger charge is 2.23. The van der Waals surface area contributed by atoms with Crippen molar-refractivity contribution in [2.75, 3.05) is 23.8 Å². The SMILES string of the molecule is CCNC(Cc1ccc(O)cc1)C1CSCCS1. The molecule has 1 aliphatic rings. The summed E-state index contributed by atoms with van der Waals surface area (Å²) in [6.45, 7) is 3.19. The molecule has 18 heavy (non-hydrogen) atoms. The van der Waals surface area contributed by atoms with E-state index in [1.807, 2.05) is 12.1 Å². The van der Waals surface area contributed by atoms with Crippen LogP contribution in [-0.2, 0) is 6.42 Å². The van der Waals surface area contributed by atoms with Crippen molar-refractivity contribution in [1.82, 2.24) is 5.32 Å². The summed E-state index contributed by atoms with van der Waals surface area (Å²) in [6, 6.07) is 8.15. The van der Waals surface area contributed by atoms with Gasteiger partial charge in [0.05, 0.1) is 0 Å². The Bertz CT molecular complexity index is 349. The van der Waals surface area contributed by atoms with Crippen LogP contribution < -0.4 is 5.32 Å². The molecular weight excluding hydrogens is 262 g/mol. The Balaban J connectivity index is 1.98. The maximum absolute atomic E-state index is 9.32. The fraction of sp³-hybridized carbons (Fsp3) is 0.571. The van der Waals surface area contributed by atoms with E-state index < -0.39 is 0 Å². The third kappa shape index (κ3) is 4.11. The zero-order chi connectivity index (χ0) is 12.8. The molecule has 1 aromatic rings. The molecular formula is C14H21NOS2. The molecule has 0 amide bonds. The van der Waals surface area contributed by atoms with E-state index in [9.17, 15) is 5.11 Å². The van der Waals surface area contributed by atoms with Crippen molar-refractivity contribution < 1.29 is 5.11 Å². The lowest BCUT2D eigenvalue weighted by Crippen LogP contribution is -2.42. The molecule has 1 aliphatic heterocycles. The molecule has 2 N–H and O–H groups in total. The van der Waals surface area contributed by atoms with Crippen LogP contribution in [0, 0.1) is 0 Å². The second kappa shape index (κ2) is 7.31. The molecule has 0 saturated carbocycles. The molecule has 1 aromatic carbocycles. The van der Waals surface area contributed by atoms with Gasteiger partial charge < -0.3 is 10.4 Å². The van der Waals surface area contributed by atoms with E-state index in [1.54, 1.807) is 12.1 Å². The van der Waals surface area contributed by atoms with Gasteiger partial charge in [-0.15, -0.1) is 0 Å². The second-order valence-corrected chi connectivity index (χ2v) is 7.02. The number of thioether (sulfide) groups is 2. The molecule has 2 atom stereocenters. The fourth-order valence-corrected chi connectivity index (χ4v) is 5.11. The number of rotatable bonds is 5. The van der Waals surface area contributed by atoms with Gasteiger partial charge in [0.1, 0.15) is 5.75 Å². The number of hydrogen-bond acceptors (Lipinski definition) is 4. The highest BCUT2D eigenvalue weighted by molar-refractivity contribution is 8.06. The van der Waals surface area contributed by atoms with Crippen LogP contribution in [0.25, 0.3) is 0 Å². The summed E-state index contributed by atoms with van der Waals surface area (Å²) >= 11 is 4.17. The molecule has 0 spiro atoms. The van der Waals surface area contributed by atoms with Crippen molar-refractivity contribution in [3.05, 3.63) is 29.8 Å². The standard InChI is InChI=1S/C14H21NOS2/c1-2-15-13(14-10-17-7-8-18-14)9-11-3-5-12(16)6-4-11/h3-6,13-16H,2,7-10H2,1H3. The molecule has 2 nitrogen and oxygen atoms in total. The molecule has 2 unspecified atom stereocenters. The third-order valence-electron chi connectivity index (χ3n) is 3.15. The van der Waals surface area contributed by atoms with E-state index in [2.05, 4.69) is 35.8 Å². The first-order valence-corrected chi connectivity index (χ1v) is 8.70. The van der Waals surface area contributed by atoms with Crippen molar-refractivity contribution in [2.45, 2.75) is 24.6 Å². The molecule has 4 heteroatoms. The van der Waals surface area contributed by atoms with Crippen LogP contribution in [0.1, 0.15) is 12.5 Å². The molecule has 1 fully saturated rings. The third-order valence-corrected chi connectivity index (χ3v) is 6.07. The topological polar surface area (TPSA) is 32.3 Å². The smallest absolute Gasteiger partial charge is 0.115 e. The van der Waals surface area contributed by atoms with Crippen LogP contribution in [0.3, 0.4) is 0 Å². The number of phenolic OH excluding ortho intramolecular Hbond substituents is 1. The quantitative estimate of drug-likeness (QED) is 0.870. The van der Waals surface area contributed by atoms with E-state index in [-0.39, 0.29) is 0 Å². The lowest BCUT2D eigenvalue weighted by molar-refractivity contribution is 0.474. The molecule has 100 valence electrons. The minimum absolute atomic E-state index is 0.348. The van der Waals surface area contributed by atoms with Crippen molar-refractivity contribution in [3.8, 4) is 5.75 Å². The number of phenols is 1. The summed E-state index contributed by atoms with van der Waals surface area (Å²) < 4.78 is 0. The van der Waals surface area contributed by atoms with E-state index in [1.165, 1.54) is 22.8 Å². The molecule has 2 rings (SSSR count). The van der Waals surface area contributed by atoms with Crippen LogP contribution >= 0.6 is 23.5 Å². The maximum atomic E-state index is 9.32. The summed E-state index contributed by atoms with van der Waals surface area (Å²) in [5, 5.41) is 13.6. The van der Waals surface area contributed by atoms with Crippen LogP contribution in [0.15, 0.2) is 24.3 Å². The fourth-order valence-electron chi connectivity index (χ4n) is 2.22. The van der Waals surface area contributed by atoms with E-state index in [0.717, 1.165) is 13.0 Å². The number of aromatic hydroxyl groups is 1. The molecule has 0 bridgehead atoms. The van der Waals surface area contributed by atoms with Gasteiger partial charge in [0.25, 0.3) is 0 Å². The van der Waals surface area contributed by atoms with E-state index in [0.29, 0.717) is 17.0 Å². The van der Waals surface area contributed by atoms with Crippen LogP contribution in [0.4, 0.5) is 0 Å². The van der Waals surface area contributed by atoms with Gasteiger partial charge in [0.15, 0.2) is 0 Å². The summed E-state index contributed by atoms with van der Waals surface area (Å²) in [7, 11) is 0. The maximum Gasteiger partial charge on any atom is 0.115 e. The molecule has 1 saturated heterocycles. The highest BCUT2D eigenvalue weighted by atomic mass is 32.2. The Kier molecular flexibility index (Phi) is 5.73. The summed E-state index contributed by atoms with van der Waals surface area (Å²) in [5.41, 5.74) is 1.30. The molecule has 1 heterocycles. The van der Waals surface area contributed by atoms with Gasteiger partial charge in [-0.1, -0.05) is 19.1 Å². The van der Waals surface area contributed by atoms with Crippen LogP contribution in [0.2, 0.25) is 0 Å². The number of nitrogens with one attached hydrogen (secondary N) is 1. The van der Waals surface area contributed by atoms with E-state index >= 15 is 0 Å². The lowest BCUT2D eigenvalue weighted by Gasteiger charge is -2.30. The molecule has 0 aliphatic carbocycles. The Labute approximate surface area is 118 Å². The lowest BCUT2D eigenvalue weighted by atomic mass is 10.0. The summed E-state index contributed by atoms with van der Waals surface area (Å²) in [6.07, 6.45) is 1.05. The van der Waals surface area contributed by atoms with Gasteiger partial charge in [-0.25, -0.2) is 0 Å². The van der Waals surface area contributed by atoms with Crippen LogP contribution in [-0.4, -0.2) is 40.2 Å². The second-order valence-electron chi connectivity index (χ2n) is 4.52. The Morgan fingerprint density at radius 3 is 2.72 bits per heavy atom. The normalized spacial score (nSPS) is 21.7. The predicted molar refractivity (Wildman–Crippen MR) is 82.8 cm³/mol. The van der Waals surface area contributed by atoms with E-state index in [4.69, 9.17) is 0 Å². The van der Waals surface area contributed by atoms with Gasteiger partial charge in [-0.3, -0.25) is 0 Å². The Morgan fingerprint density at radius 1 is 1.33 bits per heavy atom. The first-order valence-electron chi connectivity index (χ1n) is 6.50. The molecule has 0 radical (unpaired) electrons. The monoisotopic (exact) mass is 283 g/mol. The van der Waals surface area contributed by atoms with Gasteiger partial charge in [-0.2, -0.15) is 23.5 Å². The number of likely N-dealkylation sites (N-methyl/N-ethyl adjacent to an activating group) is 1. The summed E-state index contributed by atoms with van der Waals surface area (Å²) in [4.78, 5) is 0. The van der Waals surface area contributed by atoms with Crippen LogP contribution in [0.5, 0.6) is 5.75 Å². The number of benzene rings is 1. The average molecular weight is 283 g/mol. The Morgan fingerprint density at radius 2 is 2.11 bits per heavy atom. The van der Waals surface area contributed by atoms with Gasteiger partial charge >= 0.3 is 0 Å². The van der Waals surface area contributed by atoms with Crippen molar-refractivity contribution in [2.24, 2.45) is 0 Å². The molecule has 0 aromatic heterocycles. The number of hydrogen-bond donors (Lipinski definition) is 2. The highest BCUT2D eigenvalue weighted by Crippen LogP contribution is 2.28. The van der Waals surface area contributed by atoms with Crippen molar-refractivity contribution in [1.29, 1.82) is 0 Å². The van der Waals surface area contributed by atoms with Gasteiger partial charge in [-0.05, 0) is 30.7 Å². The summed E-state index contributed by atoms with van der Waals surface area (Å²) in [5.74, 6) is 4.16. The van der Waals surface area contributed by atoms with Crippen molar-refractivity contribution in [3.63, 3.8) is 0 Å². The first kappa shape index (κ1) is 14.1. The van der Waals surface area contributed by atoms with Gasteiger partial charge in [0, 0.05) is 28.6 Å². The minimum Gasteiger partial charge on any atom is -0.508 e. The largest absolute Gasteiger partial charge is 0.508 e. The zero-order valence-corrected chi connectivity index (χ0v) is 12.4. The Hall–Kier alpha value is -0.320.